The topological polar surface area (TPSA) is 111 Å². The molecule has 0 unspecified atom stereocenters. The molecule has 0 atom stereocenters. The Bertz CT molecular complexity index is 1100. The molecule has 2 aliphatic rings. The number of carbonyl (C=O) groups is 1. The van der Waals surface area contributed by atoms with Crippen LogP contribution in [0.4, 0.5) is 11.5 Å². The highest BCUT2D eigenvalue weighted by Crippen LogP contribution is 2.37. The van der Waals surface area contributed by atoms with Crippen LogP contribution >= 0.6 is 0 Å². The van der Waals surface area contributed by atoms with Gasteiger partial charge in [-0.15, -0.1) is 10.2 Å². The molecule has 8 heteroatoms. The minimum atomic E-state index is -0.111. The predicted octanol–water partition coefficient (Wildman–Crippen LogP) is 3.86. The van der Waals surface area contributed by atoms with Crippen LogP contribution < -0.4 is 10.6 Å². The molecule has 1 fully saturated rings. The lowest BCUT2D eigenvalue weighted by atomic mass is 9.77. The van der Waals surface area contributed by atoms with Crippen LogP contribution in [0.5, 0.6) is 0 Å². The molecule has 1 aliphatic heterocycles. The van der Waals surface area contributed by atoms with Gasteiger partial charge in [-0.05, 0) is 68.1 Å². The van der Waals surface area contributed by atoms with Gasteiger partial charge in [-0.2, -0.15) is 0 Å². The number of nitrogens with two attached hydrogens (primary N) is 1. The Hall–Kier alpha value is -3.29. The molecular weight excluding hydrogens is 404 g/mol. The Morgan fingerprint density at radius 2 is 1.88 bits per heavy atom. The number of hydrogen-bond donors (Lipinski definition) is 1. The lowest BCUT2D eigenvalue weighted by Gasteiger charge is -2.28. The minimum Gasteiger partial charge on any atom is -0.426 e. The van der Waals surface area contributed by atoms with Gasteiger partial charge in [0.05, 0.1) is 5.69 Å². The molecular formula is C24H28N6O2. The summed E-state index contributed by atoms with van der Waals surface area (Å²) in [5.41, 5.74) is 9.44. The molecule has 32 heavy (non-hydrogen) atoms. The average Bonchev–Trinajstić information content (AvgIpc) is 3.13. The first-order valence-corrected chi connectivity index (χ1v) is 11.4. The van der Waals surface area contributed by atoms with E-state index >= 15 is 0 Å². The van der Waals surface area contributed by atoms with Crippen molar-refractivity contribution in [3.05, 3.63) is 59.2 Å². The summed E-state index contributed by atoms with van der Waals surface area (Å²) < 4.78 is 5.55. The molecule has 0 radical (unpaired) electrons. The summed E-state index contributed by atoms with van der Waals surface area (Å²) in [7, 11) is 0. The second-order valence-corrected chi connectivity index (χ2v) is 8.87. The Balaban J connectivity index is 1.25. The first kappa shape index (κ1) is 20.6. The highest BCUT2D eigenvalue weighted by Gasteiger charge is 2.28. The van der Waals surface area contributed by atoms with E-state index in [2.05, 4.69) is 44.4 Å². The Morgan fingerprint density at radius 3 is 2.59 bits per heavy atom. The van der Waals surface area contributed by atoms with Crippen LogP contribution in [0.3, 0.4) is 0 Å². The van der Waals surface area contributed by atoms with Crippen LogP contribution in [0.1, 0.15) is 71.4 Å². The van der Waals surface area contributed by atoms with Gasteiger partial charge in [0.1, 0.15) is 17.7 Å². The summed E-state index contributed by atoms with van der Waals surface area (Å²) in [5.74, 6) is 2.69. The van der Waals surface area contributed by atoms with E-state index in [-0.39, 0.29) is 11.7 Å². The van der Waals surface area contributed by atoms with Crippen LogP contribution in [0, 0.1) is 12.8 Å². The van der Waals surface area contributed by atoms with Crippen molar-refractivity contribution in [2.75, 3.05) is 17.2 Å². The molecule has 1 aliphatic carbocycles. The maximum absolute atomic E-state index is 13.2. The van der Waals surface area contributed by atoms with E-state index in [0.29, 0.717) is 29.8 Å². The van der Waals surface area contributed by atoms with Gasteiger partial charge >= 0.3 is 0 Å². The van der Waals surface area contributed by atoms with E-state index in [9.17, 15) is 4.79 Å². The summed E-state index contributed by atoms with van der Waals surface area (Å²) in [6.45, 7) is 2.48. The van der Waals surface area contributed by atoms with Gasteiger partial charge in [0.25, 0.3) is 5.91 Å². The molecule has 1 amide bonds. The molecule has 0 spiro atoms. The predicted molar refractivity (Wildman–Crippen MR) is 120 cm³/mol. The van der Waals surface area contributed by atoms with Crippen LogP contribution in [0.25, 0.3) is 0 Å². The summed E-state index contributed by atoms with van der Waals surface area (Å²) in [6.07, 6.45) is 8.52. The van der Waals surface area contributed by atoms with Gasteiger partial charge in [-0.3, -0.25) is 4.79 Å². The standard InChI is InChI=1S/C24H28N6O2/c1-15-28-29-21(32-15)13-16-4-6-17(7-5-16)18-8-10-19(11-9-18)30-12-2-3-20-22(24(30)31)23(25)27-14-26-20/h8-11,14,16-17H,2-7,12-13H2,1H3,(H2,25,26,27). The van der Waals surface area contributed by atoms with E-state index < -0.39 is 0 Å². The van der Waals surface area contributed by atoms with Crippen LogP contribution in [0.15, 0.2) is 35.0 Å². The van der Waals surface area contributed by atoms with E-state index in [1.165, 1.54) is 11.9 Å². The number of rotatable bonds is 4. The summed E-state index contributed by atoms with van der Waals surface area (Å²) in [6, 6.07) is 8.47. The second kappa shape index (κ2) is 8.68. The summed E-state index contributed by atoms with van der Waals surface area (Å²) in [4.78, 5) is 23.3. The summed E-state index contributed by atoms with van der Waals surface area (Å²) >= 11 is 0. The van der Waals surface area contributed by atoms with Gasteiger partial charge in [0.15, 0.2) is 0 Å². The molecule has 0 bridgehead atoms. The largest absolute Gasteiger partial charge is 0.426 e. The Labute approximate surface area is 187 Å². The number of fused-ring (bicyclic) bond motifs is 1. The third-order valence-corrected chi connectivity index (χ3v) is 6.76. The first-order chi connectivity index (χ1) is 15.6. The van der Waals surface area contributed by atoms with Crippen molar-refractivity contribution < 1.29 is 9.21 Å². The molecule has 8 nitrogen and oxygen atoms in total. The number of nitrogen functional groups attached to an aromatic ring is 1. The van der Waals surface area contributed by atoms with Gasteiger partial charge in [0, 0.05) is 25.6 Å². The minimum absolute atomic E-state index is 0.111. The Kier molecular flexibility index (Phi) is 5.59. The second-order valence-electron chi connectivity index (χ2n) is 8.87. The SMILES string of the molecule is Cc1nnc(CC2CCC(c3ccc(N4CCCc5ncnc(N)c5C4=O)cc3)CC2)o1. The highest BCUT2D eigenvalue weighted by atomic mass is 16.4. The number of amides is 1. The first-order valence-electron chi connectivity index (χ1n) is 11.4. The van der Waals surface area contributed by atoms with Crippen molar-refractivity contribution in [3.8, 4) is 0 Å². The van der Waals surface area contributed by atoms with E-state index in [1.54, 1.807) is 4.90 Å². The quantitative estimate of drug-likeness (QED) is 0.666. The summed E-state index contributed by atoms with van der Waals surface area (Å²) in [5, 5.41) is 8.07. The molecule has 2 aromatic heterocycles. The molecule has 2 N–H and O–H groups in total. The molecule has 3 aromatic rings. The zero-order valence-corrected chi connectivity index (χ0v) is 18.3. The molecule has 166 valence electrons. The van der Waals surface area contributed by atoms with E-state index in [1.807, 2.05) is 6.92 Å². The average molecular weight is 433 g/mol. The van der Waals surface area contributed by atoms with Crippen LogP contribution in [-0.2, 0) is 12.8 Å². The smallest absolute Gasteiger partial charge is 0.263 e. The van der Waals surface area contributed by atoms with Crippen LogP contribution in [0.2, 0.25) is 0 Å². The maximum atomic E-state index is 13.2. The highest BCUT2D eigenvalue weighted by molar-refractivity contribution is 6.09. The van der Waals surface area contributed by atoms with Gasteiger partial charge in [-0.25, -0.2) is 9.97 Å². The lowest BCUT2D eigenvalue weighted by Crippen LogP contribution is -2.31. The fourth-order valence-corrected chi connectivity index (χ4v) is 5.04. The number of benzene rings is 1. The Morgan fingerprint density at radius 1 is 1.09 bits per heavy atom. The fourth-order valence-electron chi connectivity index (χ4n) is 5.04. The normalized spacial score (nSPS) is 21.3. The van der Waals surface area contributed by atoms with Gasteiger partial charge < -0.3 is 15.1 Å². The molecule has 5 rings (SSSR count). The molecule has 1 aromatic carbocycles. The number of hydrogen-bond acceptors (Lipinski definition) is 7. The number of aromatic nitrogens is 4. The number of anilines is 2. The van der Waals surface area contributed by atoms with Gasteiger partial charge in [-0.1, -0.05) is 12.1 Å². The zero-order valence-electron chi connectivity index (χ0n) is 18.3. The van der Waals surface area contributed by atoms with Crippen molar-refractivity contribution in [2.45, 2.75) is 57.8 Å². The number of aryl methyl sites for hydroxylation is 2. The maximum Gasteiger partial charge on any atom is 0.263 e. The third-order valence-electron chi connectivity index (χ3n) is 6.76. The van der Waals surface area contributed by atoms with Crippen molar-refractivity contribution >= 4 is 17.4 Å². The van der Waals surface area contributed by atoms with Crippen LogP contribution in [-0.4, -0.2) is 32.6 Å². The van der Waals surface area contributed by atoms with E-state index in [4.69, 9.17) is 10.2 Å². The zero-order chi connectivity index (χ0) is 22.1. The number of nitrogens with zero attached hydrogens (tertiary/aromatic N) is 5. The number of carbonyl (C=O) groups excluding carboxylic acids is 1. The van der Waals surface area contributed by atoms with Crippen molar-refractivity contribution in [2.24, 2.45) is 5.92 Å². The third kappa shape index (κ3) is 4.09. The van der Waals surface area contributed by atoms with Gasteiger partial charge in [0.2, 0.25) is 11.8 Å². The van der Waals surface area contributed by atoms with E-state index in [0.717, 1.165) is 62.2 Å². The fraction of sp³-hybridized carbons (Fsp3) is 0.458. The monoisotopic (exact) mass is 432 g/mol. The van der Waals surface area contributed by atoms with Crippen molar-refractivity contribution in [3.63, 3.8) is 0 Å². The van der Waals surface area contributed by atoms with Crippen molar-refractivity contribution in [1.29, 1.82) is 0 Å². The molecule has 0 saturated heterocycles. The lowest BCUT2D eigenvalue weighted by molar-refractivity contribution is 0.0989. The molecule has 1 saturated carbocycles. The molecule has 3 heterocycles. The van der Waals surface area contributed by atoms with Crippen molar-refractivity contribution in [1.82, 2.24) is 20.2 Å².